The molecule has 0 atom stereocenters. The highest BCUT2D eigenvalue weighted by Crippen LogP contribution is 2.25. The van der Waals surface area contributed by atoms with Crippen molar-refractivity contribution in [1.82, 2.24) is 19.7 Å². The Balaban J connectivity index is 1.44. The standard InChI is InChI=1S/C18H31N5O3S/c1-19-18(20-9-7-16-5-3-2-4-6-16)22-10-12-23(13-11-22)27(24,25)15-17-8-14-26-21-17/h8,14,16H,2-7,9-13,15H2,1H3,(H,19,20). The molecule has 0 aromatic carbocycles. The number of guanidine groups is 1. The summed E-state index contributed by atoms with van der Waals surface area (Å²) in [6, 6.07) is 1.59. The summed E-state index contributed by atoms with van der Waals surface area (Å²) in [5, 5.41) is 7.17. The molecular weight excluding hydrogens is 366 g/mol. The van der Waals surface area contributed by atoms with Crippen LogP contribution in [0.25, 0.3) is 0 Å². The van der Waals surface area contributed by atoms with E-state index in [1.54, 1.807) is 13.1 Å². The molecule has 9 heteroatoms. The third kappa shape index (κ3) is 5.68. The summed E-state index contributed by atoms with van der Waals surface area (Å²) in [6.07, 6.45) is 9.39. The van der Waals surface area contributed by atoms with E-state index in [0.717, 1.165) is 18.4 Å². The zero-order valence-corrected chi connectivity index (χ0v) is 17.0. The maximum absolute atomic E-state index is 12.5. The Kier molecular flexibility index (Phi) is 7.12. The van der Waals surface area contributed by atoms with Crippen LogP contribution >= 0.6 is 0 Å². The molecule has 8 nitrogen and oxygen atoms in total. The van der Waals surface area contributed by atoms with Crippen molar-refractivity contribution in [2.24, 2.45) is 10.9 Å². The van der Waals surface area contributed by atoms with Crippen LogP contribution < -0.4 is 5.32 Å². The number of aromatic nitrogens is 1. The number of nitrogens with one attached hydrogen (secondary N) is 1. The highest BCUT2D eigenvalue weighted by Gasteiger charge is 2.29. The Morgan fingerprint density at radius 3 is 2.63 bits per heavy atom. The Labute approximate surface area is 162 Å². The van der Waals surface area contributed by atoms with Crippen LogP contribution in [0.2, 0.25) is 0 Å². The first-order valence-corrected chi connectivity index (χ1v) is 11.5. The Hall–Kier alpha value is -1.61. The molecule has 27 heavy (non-hydrogen) atoms. The fourth-order valence-corrected chi connectivity index (χ4v) is 5.39. The molecule has 1 aromatic rings. The molecule has 2 fully saturated rings. The first-order valence-electron chi connectivity index (χ1n) is 9.91. The number of piperazine rings is 1. The highest BCUT2D eigenvalue weighted by atomic mass is 32.2. The second kappa shape index (κ2) is 9.54. The van der Waals surface area contributed by atoms with Crippen LogP contribution in [0, 0.1) is 5.92 Å². The van der Waals surface area contributed by atoms with Gasteiger partial charge in [-0.1, -0.05) is 37.3 Å². The fourth-order valence-electron chi connectivity index (χ4n) is 3.96. The number of hydrogen-bond acceptors (Lipinski definition) is 5. The maximum atomic E-state index is 12.5. The van der Waals surface area contributed by atoms with Gasteiger partial charge in [-0.05, 0) is 12.3 Å². The van der Waals surface area contributed by atoms with E-state index in [0.29, 0.717) is 31.9 Å². The summed E-state index contributed by atoms with van der Waals surface area (Å²) in [7, 11) is -1.58. The maximum Gasteiger partial charge on any atom is 0.220 e. The van der Waals surface area contributed by atoms with Gasteiger partial charge in [-0.25, -0.2) is 8.42 Å². The number of rotatable bonds is 6. The number of hydrogen-bond donors (Lipinski definition) is 1. The van der Waals surface area contributed by atoms with Crippen LogP contribution in [-0.2, 0) is 15.8 Å². The molecule has 1 aromatic heterocycles. The van der Waals surface area contributed by atoms with Crippen molar-refractivity contribution < 1.29 is 12.9 Å². The minimum Gasteiger partial charge on any atom is -0.364 e. The largest absolute Gasteiger partial charge is 0.364 e. The second-order valence-electron chi connectivity index (χ2n) is 7.40. The lowest BCUT2D eigenvalue weighted by Crippen LogP contribution is -2.54. The molecule has 0 amide bonds. The number of aliphatic imine (C=N–C) groups is 1. The van der Waals surface area contributed by atoms with Crippen molar-refractivity contribution in [2.45, 2.75) is 44.3 Å². The van der Waals surface area contributed by atoms with E-state index in [4.69, 9.17) is 4.52 Å². The molecule has 1 N–H and O–H groups in total. The van der Waals surface area contributed by atoms with Crippen LogP contribution in [0.1, 0.15) is 44.2 Å². The van der Waals surface area contributed by atoms with Gasteiger partial charge in [-0.15, -0.1) is 0 Å². The van der Waals surface area contributed by atoms with Gasteiger partial charge in [0, 0.05) is 45.8 Å². The predicted molar refractivity (Wildman–Crippen MR) is 105 cm³/mol. The van der Waals surface area contributed by atoms with E-state index < -0.39 is 10.0 Å². The molecular formula is C18H31N5O3S. The minimum absolute atomic E-state index is 0.113. The molecule has 2 heterocycles. The van der Waals surface area contributed by atoms with Gasteiger partial charge in [-0.3, -0.25) is 4.99 Å². The van der Waals surface area contributed by atoms with E-state index >= 15 is 0 Å². The first kappa shape index (κ1) is 20.1. The zero-order valence-electron chi connectivity index (χ0n) is 16.1. The van der Waals surface area contributed by atoms with Gasteiger partial charge in [0.1, 0.15) is 12.0 Å². The topological polar surface area (TPSA) is 91.0 Å². The molecule has 152 valence electrons. The van der Waals surface area contributed by atoms with E-state index in [1.165, 1.54) is 49.1 Å². The van der Waals surface area contributed by atoms with Gasteiger partial charge in [-0.2, -0.15) is 4.31 Å². The van der Waals surface area contributed by atoms with Crippen molar-refractivity contribution >= 4 is 16.0 Å². The fraction of sp³-hybridized carbons (Fsp3) is 0.778. The van der Waals surface area contributed by atoms with Crippen LogP contribution in [0.4, 0.5) is 0 Å². The van der Waals surface area contributed by atoms with Crippen molar-refractivity contribution in [3.05, 3.63) is 18.0 Å². The monoisotopic (exact) mass is 397 g/mol. The third-order valence-electron chi connectivity index (χ3n) is 5.53. The van der Waals surface area contributed by atoms with Crippen LogP contribution in [0.15, 0.2) is 21.8 Å². The molecule has 1 aliphatic carbocycles. The predicted octanol–water partition coefficient (Wildman–Crippen LogP) is 1.67. The SMILES string of the molecule is CN=C(NCCC1CCCCC1)N1CCN(S(=O)(=O)Cc2ccon2)CC1. The summed E-state index contributed by atoms with van der Waals surface area (Å²) in [5.41, 5.74) is 0.442. The summed E-state index contributed by atoms with van der Waals surface area (Å²) in [5.74, 6) is 1.60. The Morgan fingerprint density at radius 1 is 1.26 bits per heavy atom. The van der Waals surface area contributed by atoms with Gasteiger partial charge in [0.05, 0.1) is 5.69 Å². The molecule has 1 saturated carbocycles. The van der Waals surface area contributed by atoms with Crippen LogP contribution in [0.3, 0.4) is 0 Å². The lowest BCUT2D eigenvalue weighted by atomic mass is 9.87. The van der Waals surface area contributed by atoms with Crippen molar-refractivity contribution in [2.75, 3.05) is 39.8 Å². The smallest absolute Gasteiger partial charge is 0.220 e. The van der Waals surface area contributed by atoms with Crippen molar-refractivity contribution in [3.63, 3.8) is 0 Å². The van der Waals surface area contributed by atoms with Gasteiger partial charge in [0.25, 0.3) is 0 Å². The third-order valence-corrected chi connectivity index (χ3v) is 7.34. The highest BCUT2D eigenvalue weighted by molar-refractivity contribution is 7.88. The van der Waals surface area contributed by atoms with Gasteiger partial charge in [0.2, 0.25) is 10.0 Å². The lowest BCUT2D eigenvalue weighted by Gasteiger charge is -2.36. The quantitative estimate of drug-likeness (QED) is 0.580. The second-order valence-corrected chi connectivity index (χ2v) is 9.37. The van der Waals surface area contributed by atoms with E-state index in [2.05, 4.69) is 20.4 Å². The average Bonchev–Trinajstić information content (AvgIpc) is 3.18. The molecule has 3 rings (SSSR count). The van der Waals surface area contributed by atoms with Gasteiger partial charge < -0.3 is 14.7 Å². The van der Waals surface area contributed by atoms with Crippen molar-refractivity contribution in [3.8, 4) is 0 Å². The summed E-state index contributed by atoms with van der Waals surface area (Å²) in [4.78, 5) is 6.53. The van der Waals surface area contributed by atoms with Gasteiger partial charge >= 0.3 is 0 Å². The summed E-state index contributed by atoms with van der Waals surface area (Å²) >= 11 is 0. The molecule has 2 aliphatic rings. The molecule has 0 spiro atoms. The molecule has 1 aliphatic heterocycles. The molecule has 0 bridgehead atoms. The molecule has 0 radical (unpaired) electrons. The van der Waals surface area contributed by atoms with E-state index in [9.17, 15) is 8.42 Å². The zero-order chi connectivity index (χ0) is 19.1. The Morgan fingerprint density at radius 2 is 2.00 bits per heavy atom. The molecule has 1 saturated heterocycles. The summed E-state index contributed by atoms with van der Waals surface area (Å²) in [6.45, 7) is 3.14. The Bertz CT molecular complexity index is 691. The van der Waals surface area contributed by atoms with Crippen LogP contribution in [-0.4, -0.2) is 68.5 Å². The number of nitrogens with zero attached hydrogens (tertiary/aromatic N) is 4. The average molecular weight is 398 g/mol. The van der Waals surface area contributed by atoms with E-state index in [1.807, 2.05) is 0 Å². The lowest BCUT2D eigenvalue weighted by molar-refractivity contribution is 0.258. The van der Waals surface area contributed by atoms with E-state index in [-0.39, 0.29) is 5.75 Å². The minimum atomic E-state index is -3.37. The van der Waals surface area contributed by atoms with Gasteiger partial charge in [0.15, 0.2) is 5.96 Å². The number of sulfonamides is 1. The summed E-state index contributed by atoms with van der Waals surface area (Å²) < 4.78 is 31.3. The molecule has 0 unspecified atom stereocenters. The van der Waals surface area contributed by atoms with Crippen molar-refractivity contribution in [1.29, 1.82) is 0 Å². The normalized spacial score (nSPS) is 20.8. The van der Waals surface area contributed by atoms with Crippen LogP contribution in [0.5, 0.6) is 0 Å². The first-order chi connectivity index (χ1) is 13.1.